The normalized spacial score (nSPS) is 17.3. The molecule has 8 heteroatoms. The number of hydrogen-bond acceptors (Lipinski definition) is 6. The van der Waals surface area contributed by atoms with Crippen LogP contribution in [0.25, 0.3) is 11.1 Å². The van der Waals surface area contributed by atoms with Gasteiger partial charge in [0.15, 0.2) is 6.10 Å². The van der Waals surface area contributed by atoms with Crippen LogP contribution in [-0.4, -0.2) is 48.0 Å². The summed E-state index contributed by atoms with van der Waals surface area (Å²) in [5, 5.41) is 10.6. The van der Waals surface area contributed by atoms with Crippen molar-refractivity contribution in [2.45, 2.75) is 98.4 Å². The van der Waals surface area contributed by atoms with Crippen LogP contribution < -0.4 is 9.64 Å². The molecule has 1 aliphatic carbocycles. The third kappa shape index (κ3) is 9.11. The zero-order valence-electron chi connectivity index (χ0n) is 28.9. The van der Waals surface area contributed by atoms with Gasteiger partial charge in [0.1, 0.15) is 11.6 Å². The van der Waals surface area contributed by atoms with Crippen molar-refractivity contribution in [3.63, 3.8) is 0 Å². The molecule has 254 valence electrons. The first-order valence-electron chi connectivity index (χ1n) is 17.0. The molecular weight excluding hydrogens is 595 g/mol. The first-order chi connectivity index (χ1) is 22.3. The molecule has 3 aromatic rings. The van der Waals surface area contributed by atoms with Gasteiger partial charge in [-0.05, 0) is 100 Å². The van der Waals surface area contributed by atoms with Gasteiger partial charge in [-0.2, -0.15) is 0 Å². The summed E-state index contributed by atoms with van der Waals surface area (Å²) in [6, 6.07) is 14.4. The number of aliphatic carboxylic acids is 1. The number of carbonyl (C=O) groups is 1. The second kappa shape index (κ2) is 14.7. The highest BCUT2D eigenvalue weighted by molar-refractivity contribution is 5.88. The third-order valence-electron chi connectivity index (χ3n) is 9.40. The van der Waals surface area contributed by atoms with E-state index in [-0.39, 0.29) is 11.2 Å². The summed E-state index contributed by atoms with van der Waals surface area (Å²) in [6.45, 7) is 15.2. The molecule has 0 spiro atoms. The Morgan fingerprint density at radius 3 is 2.30 bits per heavy atom. The van der Waals surface area contributed by atoms with Crippen molar-refractivity contribution in [3.05, 3.63) is 76.9 Å². The van der Waals surface area contributed by atoms with Crippen LogP contribution >= 0.6 is 0 Å². The Balaban J connectivity index is 1.55. The van der Waals surface area contributed by atoms with E-state index in [1.165, 1.54) is 31.4 Å². The highest BCUT2D eigenvalue weighted by atomic mass is 19.1. The van der Waals surface area contributed by atoms with E-state index >= 15 is 0 Å². The van der Waals surface area contributed by atoms with Crippen LogP contribution in [0.1, 0.15) is 95.3 Å². The summed E-state index contributed by atoms with van der Waals surface area (Å²) in [7, 11) is 0. The largest absolute Gasteiger partial charge is 0.493 e. The average Bonchev–Trinajstić information content (AvgIpc) is 2.98. The number of aromatic nitrogens is 1. The Kier molecular flexibility index (Phi) is 10.9. The molecule has 1 N–H and O–H groups in total. The molecule has 7 nitrogen and oxygen atoms in total. The minimum Gasteiger partial charge on any atom is -0.493 e. The summed E-state index contributed by atoms with van der Waals surface area (Å²) in [5.41, 5.74) is 5.26. The Morgan fingerprint density at radius 1 is 1.06 bits per heavy atom. The van der Waals surface area contributed by atoms with Crippen molar-refractivity contribution in [3.8, 4) is 16.9 Å². The number of nitrogens with zero attached hydrogens (tertiary/aromatic N) is 2. The minimum atomic E-state index is -1.19. The lowest BCUT2D eigenvalue weighted by atomic mass is 9.81. The molecule has 5 rings (SSSR count). The molecule has 0 unspecified atom stereocenters. The van der Waals surface area contributed by atoms with Gasteiger partial charge in [0.05, 0.1) is 30.2 Å². The Morgan fingerprint density at radius 2 is 1.72 bits per heavy atom. The lowest BCUT2D eigenvalue weighted by molar-refractivity contribution is -0.160. The van der Waals surface area contributed by atoms with E-state index in [4.69, 9.17) is 19.2 Å². The van der Waals surface area contributed by atoms with Gasteiger partial charge in [-0.15, -0.1) is 0 Å². The van der Waals surface area contributed by atoms with Crippen LogP contribution in [0.15, 0.2) is 48.5 Å². The first kappa shape index (κ1) is 34.8. The maximum atomic E-state index is 13.3. The van der Waals surface area contributed by atoms with E-state index in [1.54, 1.807) is 12.1 Å². The van der Waals surface area contributed by atoms with Crippen molar-refractivity contribution in [2.75, 3.05) is 31.2 Å². The fourth-order valence-corrected chi connectivity index (χ4v) is 6.37. The quantitative estimate of drug-likeness (QED) is 0.199. The first-order valence-corrected chi connectivity index (χ1v) is 17.0. The molecule has 1 saturated carbocycles. The number of ether oxygens (including phenoxy) is 3. The Hall–Kier alpha value is -3.49. The smallest absolute Gasteiger partial charge is 0.337 e. The molecule has 2 fully saturated rings. The van der Waals surface area contributed by atoms with E-state index in [0.717, 1.165) is 59.8 Å². The molecule has 47 heavy (non-hydrogen) atoms. The topological polar surface area (TPSA) is 81.1 Å². The lowest BCUT2D eigenvalue weighted by Gasteiger charge is -2.41. The zero-order chi connectivity index (χ0) is 33.8. The molecule has 2 heterocycles. The fraction of sp³-hybridized carbons (Fsp3) is 0.538. The Bertz CT molecular complexity index is 1500. The molecule has 0 radical (unpaired) electrons. The number of hydrogen-bond donors (Lipinski definition) is 1. The number of rotatable bonds is 13. The maximum Gasteiger partial charge on any atom is 0.337 e. The van der Waals surface area contributed by atoms with Crippen molar-refractivity contribution < 1.29 is 28.5 Å². The second-order valence-electron chi connectivity index (χ2n) is 14.9. The number of carboxylic acid groups (broad SMARTS) is 1. The van der Waals surface area contributed by atoms with Gasteiger partial charge in [-0.25, -0.2) is 9.18 Å². The van der Waals surface area contributed by atoms with E-state index in [9.17, 15) is 14.3 Å². The van der Waals surface area contributed by atoms with Crippen molar-refractivity contribution in [1.82, 2.24) is 4.98 Å². The maximum absolute atomic E-state index is 13.3. The number of halogens is 1. The number of piperidine rings is 1. The van der Waals surface area contributed by atoms with E-state index < -0.39 is 17.7 Å². The summed E-state index contributed by atoms with van der Waals surface area (Å²) in [6.07, 6.45) is 5.09. The van der Waals surface area contributed by atoms with Gasteiger partial charge in [-0.3, -0.25) is 4.98 Å². The number of carboxylic acids is 1. The van der Waals surface area contributed by atoms with E-state index in [1.807, 2.05) is 52.0 Å². The number of anilines is 1. The highest BCUT2D eigenvalue weighted by Gasteiger charge is 2.37. The number of aryl methyl sites for hydroxylation is 1. The number of benzene rings is 2. The van der Waals surface area contributed by atoms with Crippen LogP contribution in [0.2, 0.25) is 0 Å². The van der Waals surface area contributed by atoms with Crippen LogP contribution in [0.3, 0.4) is 0 Å². The Labute approximate surface area is 279 Å². The minimum absolute atomic E-state index is 0.203. The van der Waals surface area contributed by atoms with Crippen LogP contribution in [0, 0.1) is 24.1 Å². The molecule has 1 atom stereocenters. The van der Waals surface area contributed by atoms with Crippen LogP contribution in [0.4, 0.5) is 10.1 Å². The van der Waals surface area contributed by atoms with Crippen molar-refractivity contribution in [1.29, 1.82) is 0 Å². The third-order valence-corrected chi connectivity index (χ3v) is 9.40. The average molecular weight is 647 g/mol. The van der Waals surface area contributed by atoms with E-state index in [0.29, 0.717) is 43.4 Å². The molecule has 2 aromatic carbocycles. The molecule has 1 saturated heterocycles. The highest BCUT2D eigenvalue weighted by Crippen LogP contribution is 2.45. The molecule has 0 bridgehead atoms. The summed E-state index contributed by atoms with van der Waals surface area (Å²) in [4.78, 5) is 20.3. The lowest BCUT2D eigenvalue weighted by Crippen LogP contribution is -2.39. The molecule has 2 aliphatic rings. The van der Waals surface area contributed by atoms with Gasteiger partial charge in [0.25, 0.3) is 0 Å². The van der Waals surface area contributed by atoms with E-state index in [2.05, 4.69) is 18.7 Å². The SMILES string of the molecule is Cc1nc(COCC2CCC2)c(-c2ccc(OCCc3ccc(F)cc3)cc2)c(N2CCC(C)(C)CC2)c1[C@H](OC(C)(C)C)C(=O)O. The predicted octanol–water partition coefficient (Wildman–Crippen LogP) is 8.70. The molecule has 0 amide bonds. The monoisotopic (exact) mass is 646 g/mol. The summed E-state index contributed by atoms with van der Waals surface area (Å²) < 4.78 is 31.9. The van der Waals surface area contributed by atoms with Gasteiger partial charge >= 0.3 is 5.97 Å². The van der Waals surface area contributed by atoms with Crippen LogP contribution in [0.5, 0.6) is 5.75 Å². The summed E-state index contributed by atoms with van der Waals surface area (Å²) in [5.74, 6) is 0.0255. The van der Waals surface area contributed by atoms with Crippen molar-refractivity contribution in [2.24, 2.45) is 11.3 Å². The van der Waals surface area contributed by atoms with Crippen LogP contribution in [-0.2, 0) is 27.3 Å². The standard InChI is InChI=1S/C39H51FN2O5/c1-26-33(36(37(43)44)47-38(2,3)4)35(42-21-19-39(5,6)20-22-42)34(32(41-26)25-45-24-28-8-7-9-28)29-12-16-31(17-13-29)46-23-18-27-10-14-30(40)15-11-27/h10-17,28,36H,7-9,18-25H2,1-6H3,(H,43,44)/t36-/m0/s1. The predicted molar refractivity (Wildman–Crippen MR) is 183 cm³/mol. The van der Waals surface area contributed by atoms with Gasteiger partial charge in [-0.1, -0.05) is 44.5 Å². The fourth-order valence-electron chi connectivity index (χ4n) is 6.37. The van der Waals surface area contributed by atoms with Gasteiger partial charge in [0, 0.05) is 42.9 Å². The molecule has 1 aromatic heterocycles. The molecule has 1 aliphatic heterocycles. The van der Waals surface area contributed by atoms with Crippen molar-refractivity contribution >= 4 is 11.7 Å². The zero-order valence-corrected chi connectivity index (χ0v) is 28.9. The molecular formula is C39H51FN2O5. The number of pyridine rings is 1. The van der Waals surface area contributed by atoms with Gasteiger partial charge < -0.3 is 24.2 Å². The second-order valence-corrected chi connectivity index (χ2v) is 14.9. The van der Waals surface area contributed by atoms with Gasteiger partial charge in [0.2, 0.25) is 0 Å². The summed E-state index contributed by atoms with van der Waals surface area (Å²) >= 11 is 0.